The minimum atomic E-state index is -0.520. The van der Waals surface area contributed by atoms with Crippen LogP contribution < -0.4 is 5.73 Å². The van der Waals surface area contributed by atoms with Crippen LogP contribution in [0.3, 0.4) is 0 Å². The lowest BCUT2D eigenvalue weighted by molar-refractivity contribution is 0.00589. The van der Waals surface area contributed by atoms with E-state index in [9.17, 15) is 4.79 Å². The first-order valence-corrected chi connectivity index (χ1v) is 4.32. The van der Waals surface area contributed by atoms with E-state index in [-0.39, 0.29) is 0 Å². The van der Waals surface area contributed by atoms with Gasteiger partial charge in [0.25, 0.3) is 0 Å². The van der Waals surface area contributed by atoms with Gasteiger partial charge in [0.2, 0.25) is 0 Å². The van der Waals surface area contributed by atoms with Gasteiger partial charge in [0.05, 0.1) is 11.9 Å². The number of nitrogen functional groups attached to an aromatic ring is 1. The second kappa shape index (κ2) is 3.32. The smallest absolute Gasteiger partial charge is 0.359 e. The molecule has 0 aliphatic rings. The second-order valence-electron chi connectivity index (χ2n) is 4.07. The average molecular weight is 197 g/mol. The summed E-state index contributed by atoms with van der Waals surface area (Å²) in [5, 5.41) is 3.86. The van der Waals surface area contributed by atoms with E-state index in [1.54, 1.807) is 27.8 Å². The monoisotopic (exact) mass is 197 g/mol. The summed E-state index contributed by atoms with van der Waals surface area (Å²) in [4.78, 5) is 11.6. The first-order valence-electron chi connectivity index (χ1n) is 4.32. The number of rotatable bonds is 1. The summed E-state index contributed by atoms with van der Waals surface area (Å²) in [6.45, 7) is 5.41. The van der Waals surface area contributed by atoms with Crippen LogP contribution in [0.5, 0.6) is 0 Å². The van der Waals surface area contributed by atoms with Gasteiger partial charge in [-0.2, -0.15) is 5.10 Å². The van der Waals surface area contributed by atoms with Gasteiger partial charge >= 0.3 is 5.97 Å². The number of nitrogens with zero attached hydrogens (tertiary/aromatic N) is 2. The van der Waals surface area contributed by atoms with Gasteiger partial charge in [-0.15, -0.1) is 0 Å². The van der Waals surface area contributed by atoms with E-state index in [0.717, 1.165) is 0 Å². The summed E-state index contributed by atoms with van der Waals surface area (Å²) in [7, 11) is 1.65. The lowest BCUT2D eigenvalue weighted by Gasteiger charge is -2.19. The fraction of sp³-hybridized carbons (Fsp3) is 0.556. The van der Waals surface area contributed by atoms with E-state index in [1.807, 2.05) is 0 Å². The summed E-state index contributed by atoms with van der Waals surface area (Å²) < 4.78 is 6.57. The molecule has 78 valence electrons. The summed E-state index contributed by atoms with van der Waals surface area (Å²) in [5.41, 5.74) is 5.68. The standard InChI is InChI=1S/C9H15N3O2/c1-9(2,3)14-8(13)7-6(10)5-11-12(7)4/h5H,10H2,1-4H3. The molecule has 1 heterocycles. The van der Waals surface area contributed by atoms with E-state index in [2.05, 4.69) is 5.10 Å². The maximum atomic E-state index is 11.6. The number of aromatic nitrogens is 2. The Morgan fingerprint density at radius 2 is 2.14 bits per heavy atom. The van der Waals surface area contributed by atoms with Crippen molar-refractivity contribution in [2.45, 2.75) is 26.4 Å². The Bertz CT molecular complexity index is 330. The van der Waals surface area contributed by atoms with Crippen molar-refractivity contribution in [3.05, 3.63) is 11.9 Å². The molecule has 0 aromatic carbocycles. The molecule has 0 unspecified atom stereocenters. The molecule has 5 nitrogen and oxygen atoms in total. The average Bonchev–Trinajstić information content (AvgIpc) is 2.27. The fourth-order valence-corrected chi connectivity index (χ4v) is 1.03. The third-order valence-corrected chi connectivity index (χ3v) is 1.56. The largest absolute Gasteiger partial charge is 0.455 e. The molecule has 14 heavy (non-hydrogen) atoms. The van der Waals surface area contributed by atoms with Gasteiger partial charge in [-0.05, 0) is 20.8 Å². The Morgan fingerprint density at radius 1 is 1.57 bits per heavy atom. The zero-order chi connectivity index (χ0) is 10.9. The first kappa shape index (κ1) is 10.6. The summed E-state index contributed by atoms with van der Waals surface area (Å²) in [6.07, 6.45) is 1.43. The zero-order valence-corrected chi connectivity index (χ0v) is 8.87. The number of aryl methyl sites for hydroxylation is 1. The highest BCUT2D eigenvalue weighted by atomic mass is 16.6. The number of carbonyl (C=O) groups excluding carboxylic acids is 1. The van der Waals surface area contributed by atoms with Gasteiger partial charge in [0.15, 0.2) is 5.69 Å². The van der Waals surface area contributed by atoms with Crippen LogP contribution in [0.15, 0.2) is 6.20 Å². The molecule has 0 radical (unpaired) electrons. The van der Waals surface area contributed by atoms with Crippen LogP contribution in [-0.2, 0) is 11.8 Å². The Hall–Kier alpha value is -1.52. The Balaban J connectivity index is 2.90. The Kier molecular flexibility index (Phi) is 2.51. The number of hydrogen-bond donors (Lipinski definition) is 1. The molecule has 0 spiro atoms. The number of ether oxygens (including phenoxy) is 1. The third-order valence-electron chi connectivity index (χ3n) is 1.56. The highest BCUT2D eigenvalue weighted by molar-refractivity contribution is 5.93. The molecule has 0 aliphatic heterocycles. The van der Waals surface area contributed by atoms with Gasteiger partial charge in [-0.25, -0.2) is 4.79 Å². The van der Waals surface area contributed by atoms with Crippen LogP contribution in [0.4, 0.5) is 5.69 Å². The molecule has 1 aromatic rings. The molecule has 5 heteroatoms. The SMILES string of the molecule is Cn1ncc(N)c1C(=O)OC(C)(C)C. The van der Waals surface area contributed by atoms with E-state index >= 15 is 0 Å². The minimum Gasteiger partial charge on any atom is -0.455 e. The van der Waals surface area contributed by atoms with E-state index in [1.165, 1.54) is 10.9 Å². The van der Waals surface area contributed by atoms with Crippen molar-refractivity contribution < 1.29 is 9.53 Å². The third kappa shape index (κ3) is 2.25. The first-order chi connectivity index (χ1) is 6.31. The number of hydrogen-bond acceptors (Lipinski definition) is 4. The summed E-state index contributed by atoms with van der Waals surface area (Å²) in [6, 6.07) is 0. The van der Waals surface area contributed by atoms with Crippen molar-refractivity contribution >= 4 is 11.7 Å². The van der Waals surface area contributed by atoms with Crippen LogP contribution in [0, 0.1) is 0 Å². The molecule has 0 atom stereocenters. The normalized spacial score (nSPS) is 11.4. The van der Waals surface area contributed by atoms with Crippen LogP contribution in [-0.4, -0.2) is 21.4 Å². The number of nitrogens with two attached hydrogens (primary N) is 1. The predicted molar refractivity (Wildman–Crippen MR) is 52.8 cm³/mol. The number of carbonyl (C=O) groups is 1. The van der Waals surface area contributed by atoms with Crippen molar-refractivity contribution in [3.63, 3.8) is 0 Å². The summed E-state index contributed by atoms with van der Waals surface area (Å²) in [5.74, 6) is -0.449. The molecular weight excluding hydrogens is 182 g/mol. The van der Waals surface area contributed by atoms with Gasteiger partial charge in [-0.1, -0.05) is 0 Å². The zero-order valence-electron chi connectivity index (χ0n) is 8.87. The van der Waals surface area contributed by atoms with Crippen LogP contribution in [0.25, 0.3) is 0 Å². The second-order valence-corrected chi connectivity index (χ2v) is 4.07. The maximum Gasteiger partial charge on any atom is 0.359 e. The predicted octanol–water partition coefficient (Wildman–Crippen LogP) is 0.958. The van der Waals surface area contributed by atoms with Crippen molar-refractivity contribution in [2.24, 2.45) is 7.05 Å². The van der Waals surface area contributed by atoms with Crippen LogP contribution >= 0.6 is 0 Å². The molecule has 0 amide bonds. The fourth-order valence-electron chi connectivity index (χ4n) is 1.03. The number of anilines is 1. The molecule has 2 N–H and O–H groups in total. The Labute approximate surface area is 82.8 Å². The van der Waals surface area contributed by atoms with E-state index < -0.39 is 11.6 Å². The maximum absolute atomic E-state index is 11.6. The molecule has 1 rings (SSSR count). The molecule has 0 saturated carbocycles. The molecule has 1 aromatic heterocycles. The van der Waals surface area contributed by atoms with Crippen LogP contribution in [0.2, 0.25) is 0 Å². The van der Waals surface area contributed by atoms with Crippen molar-refractivity contribution in [2.75, 3.05) is 5.73 Å². The van der Waals surface area contributed by atoms with Crippen molar-refractivity contribution in [1.82, 2.24) is 9.78 Å². The topological polar surface area (TPSA) is 70.1 Å². The molecular formula is C9H15N3O2. The molecule has 0 saturated heterocycles. The van der Waals surface area contributed by atoms with Crippen LogP contribution in [0.1, 0.15) is 31.3 Å². The van der Waals surface area contributed by atoms with Gasteiger partial charge < -0.3 is 10.5 Å². The van der Waals surface area contributed by atoms with Crippen molar-refractivity contribution in [3.8, 4) is 0 Å². The van der Waals surface area contributed by atoms with Crippen molar-refractivity contribution in [1.29, 1.82) is 0 Å². The molecule has 0 bridgehead atoms. The Morgan fingerprint density at radius 3 is 2.50 bits per heavy atom. The lowest BCUT2D eigenvalue weighted by atomic mass is 10.2. The van der Waals surface area contributed by atoms with E-state index in [4.69, 9.17) is 10.5 Å². The molecule has 0 fully saturated rings. The van der Waals surface area contributed by atoms with Gasteiger partial charge in [0, 0.05) is 7.05 Å². The minimum absolute atomic E-state index is 0.292. The number of esters is 1. The molecule has 0 aliphatic carbocycles. The van der Waals surface area contributed by atoms with Gasteiger partial charge in [0.1, 0.15) is 5.60 Å². The quantitative estimate of drug-likeness (QED) is 0.681. The highest BCUT2D eigenvalue weighted by Crippen LogP contribution is 2.15. The van der Waals surface area contributed by atoms with E-state index in [0.29, 0.717) is 11.4 Å². The lowest BCUT2D eigenvalue weighted by Crippen LogP contribution is -2.25. The summed E-state index contributed by atoms with van der Waals surface area (Å²) >= 11 is 0. The highest BCUT2D eigenvalue weighted by Gasteiger charge is 2.22. The van der Waals surface area contributed by atoms with Gasteiger partial charge in [-0.3, -0.25) is 4.68 Å².